The summed E-state index contributed by atoms with van der Waals surface area (Å²) < 4.78 is 12.1. The Labute approximate surface area is 155 Å². The van der Waals surface area contributed by atoms with E-state index in [4.69, 9.17) is 9.26 Å². The van der Waals surface area contributed by atoms with Crippen LogP contribution in [0, 0.1) is 0 Å². The van der Waals surface area contributed by atoms with E-state index in [-0.39, 0.29) is 25.1 Å². The van der Waals surface area contributed by atoms with Gasteiger partial charge in [0.1, 0.15) is 12.3 Å². The van der Waals surface area contributed by atoms with Gasteiger partial charge in [0.25, 0.3) is 5.91 Å². The van der Waals surface area contributed by atoms with Crippen molar-refractivity contribution in [2.24, 2.45) is 0 Å². The Bertz CT molecular complexity index is 962. The van der Waals surface area contributed by atoms with E-state index in [0.29, 0.717) is 11.4 Å². The number of ether oxygens (including phenoxy) is 1. The minimum atomic E-state index is -0.485. The van der Waals surface area contributed by atoms with Gasteiger partial charge in [-0.05, 0) is 34.9 Å². The maximum Gasteiger partial charge on any atom is 0.432 e. The molecule has 0 aliphatic heterocycles. The molecule has 7 heteroatoms. The third-order valence-electron chi connectivity index (χ3n) is 4.48. The lowest BCUT2D eigenvalue weighted by Gasteiger charge is -2.20. The molecule has 4 rings (SSSR count). The van der Waals surface area contributed by atoms with Gasteiger partial charge in [-0.25, -0.2) is 4.79 Å². The molecule has 27 heavy (non-hydrogen) atoms. The molecule has 0 atom stereocenters. The fraction of sp³-hybridized carbons (Fsp3) is 0.250. The lowest BCUT2D eigenvalue weighted by Crippen LogP contribution is -2.44. The largest absolute Gasteiger partial charge is 0.484 e. The number of carbonyl (C=O) groups is 1. The molecular weight excluding hydrogens is 346 g/mol. The average molecular weight is 366 g/mol. The molecule has 7 nitrogen and oxygen atoms in total. The lowest BCUT2D eigenvalue weighted by atomic mass is 10.3. The summed E-state index contributed by atoms with van der Waals surface area (Å²) in [5.74, 6) is 0.490. The van der Waals surface area contributed by atoms with Crippen LogP contribution < -0.4 is 15.0 Å². The van der Waals surface area contributed by atoms with Gasteiger partial charge in [-0.2, -0.15) is 0 Å². The number of aromatic nitrogens is 2. The number of nitrogens with one attached hydrogen (secondary N) is 1. The van der Waals surface area contributed by atoms with E-state index >= 15 is 0 Å². The zero-order valence-electron chi connectivity index (χ0n) is 14.7. The van der Waals surface area contributed by atoms with Crippen LogP contribution in [-0.4, -0.2) is 28.7 Å². The minimum Gasteiger partial charge on any atom is -0.484 e. The first-order valence-corrected chi connectivity index (χ1v) is 8.87. The molecule has 1 aliphatic carbocycles. The van der Waals surface area contributed by atoms with Crippen LogP contribution in [0.5, 0.6) is 5.75 Å². The SMILES string of the molecule is O=C(COc1ccccc1)N(Cc1c(=O)o[nH][n+]1-c1ccccc1)C1CC1. The molecule has 2 aromatic carbocycles. The van der Waals surface area contributed by atoms with Crippen molar-refractivity contribution in [3.63, 3.8) is 0 Å². The van der Waals surface area contributed by atoms with Crippen LogP contribution >= 0.6 is 0 Å². The Hall–Kier alpha value is -3.35. The van der Waals surface area contributed by atoms with Crippen molar-refractivity contribution in [1.29, 1.82) is 0 Å². The number of amides is 1. The first-order valence-electron chi connectivity index (χ1n) is 8.87. The molecule has 1 heterocycles. The predicted octanol–water partition coefficient (Wildman–Crippen LogP) is 1.81. The molecule has 1 aromatic heterocycles. The minimum absolute atomic E-state index is 0.0679. The number of hydrogen-bond acceptors (Lipinski definition) is 4. The Morgan fingerprint density at radius 1 is 1.11 bits per heavy atom. The molecular formula is C20H20N3O4+. The normalized spacial score (nSPS) is 13.3. The highest BCUT2D eigenvalue weighted by atomic mass is 16.5. The number of aromatic amines is 1. The second-order valence-electron chi connectivity index (χ2n) is 6.45. The van der Waals surface area contributed by atoms with Crippen LogP contribution in [0.1, 0.15) is 18.5 Å². The summed E-state index contributed by atoms with van der Waals surface area (Å²) in [6.45, 7) is 0.101. The summed E-state index contributed by atoms with van der Waals surface area (Å²) in [5.41, 5.74) is 0.657. The van der Waals surface area contributed by atoms with Gasteiger partial charge in [0.2, 0.25) is 5.69 Å². The first kappa shape index (κ1) is 17.1. The predicted molar refractivity (Wildman–Crippen MR) is 96.4 cm³/mol. The zero-order chi connectivity index (χ0) is 18.6. The molecule has 0 unspecified atom stereocenters. The first-order chi connectivity index (χ1) is 13.2. The Morgan fingerprint density at radius 2 is 1.78 bits per heavy atom. The number of benzene rings is 2. The summed E-state index contributed by atoms with van der Waals surface area (Å²) in [7, 11) is 0. The molecule has 0 radical (unpaired) electrons. The molecule has 0 saturated heterocycles. The number of hydrogen-bond donors (Lipinski definition) is 1. The fourth-order valence-corrected chi connectivity index (χ4v) is 2.93. The lowest BCUT2D eigenvalue weighted by molar-refractivity contribution is -0.678. The van der Waals surface area contributed by atoms with Gasteiger partial charge < -0.3 is 9.64 Å². The van der Waals surface area contributed by atoms with E-state index in [1.54, 1.807) is 21.7 Å². The van der Waals surface area contributed by atoms with Gasteiger partial charge in [0, 0.05) is 18.2 Å². The van der Waals surface area contributed by atoms with E-state index < -0.39 is 5.63 Å². The third kappa shape index (κ3) is 3.92. The molecule has 1 saturated carbocycles. The highest BCUT2D eigenvalue weighted by molar-refractivity contribution is 5.78. The van der Waals surface area contributed by atoms with Crippen molar-refractivity contribution >= 4 is 5.91 Å². The van der Waals surface area contributed by atoms with Gasteiger partial charge in [0.05, 0.1) is 0 Å². The van der Waals surface area contributed by atoms with Crippen LogP contribution in [-0.2, 0) is 11.3 Å². The highest BCUT2D eigenvalue weighted by Crippen LogP contribution is 2.28. The second kappa shape index (κ2) is 7.49. The van der Waals surface area contributed by atoms with E-state index in [1.807, 2.05) is 48.5 Å². The monoisotopic (exact) mass is 366 g/mol. The number of nitrogens with zero attached hydrogens (tertiary/aromatic N) is 2. The maximum atomic E-state index is 12.7. The molecule has 138 valence electrons. The van der Waals surface area contributed by atoms with Crippen LogP contribution in [0.25, 0.3) is 5.69 Å². The molecule has 1 aliphatic rings. The molecule has 0 bridgehead atoms. The van der Waals surface area contributed by atoms with Gasteiger partial charge >= 0.3 is 11.3 Å². The standard InChI is InChI=1S/C20H19N3O4/c24-19(14-26-17-9-5-2-6-10-17)22(15-11-12-15)13-18-20(25)27-21-23(18)16-7-3-1-4-8-16/h1-10,15H,11-14H2/p+1. The van der Waals surface area contributed by atoms with E-state index in [9.17, 15) is 9.59 Å². The van der Waals surface area contributed by atoms with E-state index in [2.05, 4.69) is 5.27 Å². The van der Waals surface area contributed by atoms with E-state index in [1.165, 1.54) is 0 Å². The highest BCUT2D eigenvalue weighted by Gasteiger charge is 2.37. The van der Waals surface area contributed by atoms with Gasteiger partial charge in [0.15, 0.2) is 6.61 Å². The van der Waals surface area contributed by atoms with Crippen molar-refractivity contribution in [2.75, 3.05) is 6.61 Å². The van der Waals surface area contributed by atoms with Gasteiger partial charge in [-0.3, -0.25) is 9.32 Å². The van der Waals surface area contributed by atoms with Crippen molar-refractivity contribution in [2.45, 2.75) is 25.4 Å². The summed E-state index contributed by atoms with van der Waals surface area (Å²) >= 11 is 0. The summed E-state index contributed by atoms with van der Waals surface area (Å²) in [4.78, 5) is 26.6. The molecule has 1 amide bonds. The fourth-order valence-electron chi connectivity index (χ4n) is 2.93. The Balaban J connectivity index is 1.52. The van der Waals surface area contributed by atoms with Crippen LogP contribution in [0.2, 0.25) is 0 Å². The quantitative estimate of drug-likeness (QED) is 0.647. The number of carbonyl (C=O) groups excluding carboxylic acids is 1. The third-order valence-corrected chi connectivity index (χ3v) is 4.48. The zero-order valence-corrected chi connectivity index (χ0v) is 14.7. The Kier molecular flexibility index (Phi) is 4.74. The average Bonchev–Trinajstić information content (AvgIpc) is 3.49. The molecule has 0 spiro atoms. The van der Waals surface area contributed by atoms with E-state index in [0.717, 1.165) is 18.5 Å². The van der Waals surface area contributed by atoms with Crippen molar-refractivity contribution in [3.8, 4) is 11.4 Å². The summed E-state index contributed by atoms with van der Waals surface area (Å²) in [6, 6.07) is 18.7. The molecule has 1 N–H and O–H groups in total. The van der Waals surface area contributed by atoms with Crippen LogP contribution in [0.4, 0.5) is 0 Å². The van der Waals surface area contributed by atoms with Crippen molar-refractivity contribution in [1.82, 2.24) is 10.2 Å². The van der Waals surface area contributed by atoms with Crippen molar-refractivity contribution in [3.05, 3.63) is 76.8 Å². The van der Waals surface area contributed by atoms with Crippen LogP contribution in [0.3, 0.4) is 0 Å². The smallest absolute Gasteiger partial charge is 0.432 e. The number of rotatable bonds is 7. The molecule has 1 fully saturated rings. The summed E-state index contributed by atoms with van der Waals surface area (Å²) in [6.07, 6.45) is 1.86. The maximum absolute atomic E-state index is 12.7. The molecule has 3 aromatic rings. The Morgan fingerprint density at radius 3 is 2.44 bits per heavy atom. The topological polar surface area (TPSA) is 79.4 Å². The van der Waals surface area contributed by atoms with Gasteiger partial charge in [-0.15, -0.1) is 0 Å². The van der Waals surface area contributed by atoms with Crippen molar-refractivity contribution < 1.29 is 18.7 Å². The number of H-pyrrole nitrogens is 1. The summed E-state index contributed by atoms with van der Waals surface area (Å²) in [5, 5.41) is 2.61. The van der Waals surface area contributed by atoms with Gasteiger partial charge in [-0.1, -0.05) is 36.4 Å². The second-order valence-corrected chi connectivity index (χ2v) is 6.45. The van der Waals surface area contributed by atoms with Crippen LogP contribution in [0.15, 0.2) is 70.0 Å². The number of para-hydroxylation sites is 2.